The van der Waals surface area contributed by atoms with Gasteiger partial charge in [0, 0.05) is 12.6 Å². The fourth-order valence-electron chi connectivity index (χ4n) is 1.55. The molecule has 0 saturated carbocycles. The molecular formula is C12H10ClN3O. The third kappa shape index (κ3) is 1.97. The first-order valence-corrected chi connectivity index (χ1v) is 5.32. The summed E-state index contributed by atoms with van der Waals surface area (Å²) in [7, 11) is 3.39. The average molecular weight is 248 g/mol. The molecule has 2 rings (SSSR count). The maximum Gasteiger partial charge on any atom is 0.178 e. The molecule has 0 aliphatic heterocycles. The van der Waals surface area contributed by atoms with Crippen molar-refractivity contribution in [3.05, 3.63) is 35.1 Å². The minimum Gasteiger partial charge on any atom is -0.497 e. The number of methoxy groups -OCH3 is 1. The molecule has 0 N–H and O–H groups in total. The van der Waals surface area contributed by atoms with Gasteiger partial charge in [0.05, 0.1) is 7.11 Å². The zero-order valence-corrected chi connectivity index (χ0v) is 10.2. The monoisotopic (exact) mass is 247 g/mol. The number of halogens is 1. The second-order valence-corrected chi connectivity index (χ2v) is 3.83. The predicted molar refractivity (Wildman–Crippen MR) is 64.9 cm³/mol. The number of nitrogens with zero attached hydrogens (tertiary/aromatic N) is 3. The number of benzene rings is 1. The Morgan fingerprint density at radius 1 is 1.35 bits per heavy atom. The van der Waals surface area contributed by atoms with Crippen LogP contribution in [0.5, 0.6) is 5.75 Å². The summed E-state index contributed by atoms with van der Waals surface area (Å²) in [6.45, 7) is 0. The van der Waals surface area contributed by atoms with Crippen LogP contribution in [0.3, 0.4) is 0 Å². The van der Waals surface area contributed by atoms with Crippen LogP contribution in [0.2, 0.25) is 5.15 Å². The van der Waals surface area contributed by atoms with Crippen LogP contribution in [0.15, 0.2) is 24.3 Å². The summed E-state index contributed by atoms with van der Waals surface area (Å²) in [4.78, 5) is 4.18. The van der Waals surface area contributed by atoms with Gasteiger partial charge in [0.15, 0.2) is 5.69 Å². The number of hydrogen-bond donors (Lipinski definition) is 0. The summed E-state index contributed by atoms with van der Waals surface area (Å²) < 4.78 is 6.76. The van der Waals surface area contributed by atoms with Crippen LogP contribution in [0.25, 0.3) is 11.4 Å². The molecule has 0 bridgehead atoms. The van der Waals surface area contributed by atoms with E-state index in [9.17, 15) is 0 Å². The Morgan fingerprint density at radius 3 is 2.47 bits per heavy atom. The number of hydrogen-bond acceptors (Lipinski definition) is 3. The highest BCUT2D eigenvalue weighted by molar-refractivity contribution is 6.30. The summed E-state index contributed by atoms with van der Waals surface area (Å²) in [5.41, 5.74) is 1.12. The second-order valence-electron chi connectivity index (χ2n) is 3.47. The van der Waals surface area contributed by atoms with Crippen LogP contribution < -0.4 is 4.74 Å². The van der Waals surface area contributed by atoms with E-state index >= 15 is 0 Å². The zero-order valence-electron chi connectivity index (χ0n) is 9.44. The van der Waals surface area contributed by atoms with Crippen LogP contribution in [0.4, 0.5) is 0 Å². The van der Waals surface area contributed by atoms with E-state index in [-0.39, 0.29) is 5.69 Å². The smallest absolute Gasteiger partial charge is 0.178 e. The molecule has 5 heteroatoms. The van der Waals surface area contributed by atoms with Gasteiger partial charge in [-0.1, -0.05) is 11.6 Å². The van der Waals surface area contributed by atoms with Gasteiger partial charge in [0.25, 0.3) is 0 Å². The number of ether oxygens (including phenoxy) is 1. The number of rotatable bonds is 2. The molecule has 0 fully saturated rings. The van der Waals surface area contributed by atoms with Crippen LogP contribution in [0.1, 0.15) is 5.69 Å². The van der Waals surface area contributed by atoms with Gasteiger partial charge >= 0.3 is 0 Å². The van der Waals surface area contributed by atoms with Gasteiger partial charge in [-0.05, 0) is 24.3 Å². The van der Waals surface area contributed by atoms with Crippen molar-refractivity contribution in [2.75, 3.05) is 7.11 Å². The van der Waals surface area contributed by atoms with Gasteiger partial charge in [0.2, 0.25) is 0 Å². The first-order valence-electron chi connectivity index (χ1n) is 4.94. The largest absolute Gasteiger partial charge is 0.497 e. The quantitative estimate of drug-likeness (QED) is 0.820. The van der Waals surface area contributed by atoms with Crippen LogP contribution in [-0.2, 0) is 7.05 Å². The van der Waals surface area contributed by atoms with Crippen molar-refractivity contribution in [3.8, 4) is 23.2 Å². The van der Waals surface area contributed by atoms with E-state index in [1.165, 1.54) is 0 Å². The molecule has 17 heavy (non-hydrogen) atoms. The van der Waals surface area contributed by atoms with E-state index < -0.39 is 0 Å². The van der Waals surface area contributed by atoms with Crippen molar-refractivity contribution in [2.45, 2.75) is 0 Å². The lowest BCUT2D eigenvalue weighted by Crippen LogP contribution is -1.92. The molecule has 2 aromatic rings. The maximum atomic E-state index is 8.86. The molecule has 0 aliphatic rings. The molecule has 0 atom stereocenters. The third-order valence-corrected chi connectivity index (χ3v) is 2.91. The number of nitriles is 1. The Kier molecular flexibility index (Phi) is 3.03. The van der Waals surface area contributed by atoms with Gasteiger partial charge in [-0.2, -0.15) is 5.26 Å². The minimum absolute atomic E-state index is 0.236. The van der Waals surface area contributed by atoms with E-state index in [2.05, 4.69) is 4.98 Å². The SMILES string of the molecule is COc1ccc(-c2nc(C#N)c(Cl)n2C)cc1. The number of aromatic nitrogens is 2. The summed E-state index contributed by atoms with van der Waals surface area (Å²) in [6.07, 6.45) is 0. The van der Waals surface area contributed by atoms with Gasteiger partial charge in [0.1, 0.15) is 22.8 Å². The molecule has 0 radical (unpaired) electrons. The van der Waals surface area contributed by atoms with Crippen LogP contribution in [0, 0.1) is 11.3 Å². The summed E-state index contributed by atoms with van der Waals surface area (Å²) >= 11 is 5.98. The van der Waals surface area contributed by atoms with Crippen LogP contribution in [-0.4, -0.2) is 16.7 Å². The van der Waals surface area contributed by atoms with E-state index in [1.54, 1.807) is 18.7 Å². The molecule has 0 spiro atoms. The summed E-state index contributed by atoms with van der Waals surface area (Å²) in [6, 6.07) is 9.38. The van der Waals surface area contributed by atoms with E-state index in [1.807, 2.05) is 30.3 Å². The molecule has 1 aromatic heterocycles. The third-order valence-electron chi connectivity index (χ3n) is 2.48. The van der Waals surface area contributed by atoms with Gasteiger partial charge < -0.3 is 9.30 Å². The van der Waals surface area contributed by atoms with E-state index in [0.29, 0.717) is 11.0 Å². The molecule has 0 unspecified atom stereocenters. The molecular weight excluding hydrogens is 238 g/mol. The lowest BCUT2D eigenvalue weighted by atomic mass is 10.2. The van der Waals surface area contributed by atoms with E-state index in [0.717, 1.165) is 11.3 Å². The second kappa shape index (κ2) is 4.48. The Balaban J connectivity index is 2.50. The highest BCUT2D eigenvalue weighted by Gasteiger charge is 2.13. The Morgan fingerprint density at radius 2 is 2.00 bits per heavy atom. The summed E-state index contributed by atoms with van der Waals surface area (Å²) in [5.74, 6) is 1.43. The van der Waals surface area contributed by atoms with Gasteiger partial charge in [-0.25, -0.2) is 4.98 Å². The minimum atomic E-state index is 0.236. The lowest BCUT2D eigenvalue weighted by Gasteiger charge is -2.03. The maximum absolute atomic E-state index is 8.86. The Bertz CT molecular complexity index is 581. The van der Waals surface area contributed by atoms with Crippen LogP contribution >= 0.6 is 11.6 Å². The van der Waals surface area contributed by atoms with Crippen molar-refractivity contribution in [2.24, 2.45) is 7.05 Å². The molecule has 1 heterocycles. The average Bonchev–Trinajstić information content (AvgIpc) is 2.66. The predicted octanol–water partition coefficient (Wildman–Crippen LogP) is 2.62. The summed E-state index contributed by atoms with van der Waals surface area (Å²) in [5, 5.41) is 9.20. The van der Waals surface area contributed by atoms with Gasteiger partial charge in [-0.3, -0.25) is 0 Å². The highest BCUT2D eigenvalue weighted by Crippen LogP contribution is 2.25. The van der Waals surface area contributed by atoms with Crippen molar-refractivity contribution in [3.63, 3.8) is 0 Å². The molecule has 0 saturated heterocycles. The Hall–Kier alpha value is -1.99. The fraction of sp³-hybridized carbons (Fsp3) is 0.167. The number of imidazole rings is 1. The molecule has 0 aliphatic carbocycles. The van der Waals surface area contributed by atoms with Gasteiger partial charge in [-0.15, -0.1) is 0 Å². The lowest BCUT2D eigenvalue weighted by molar-refractivity contribution is 0.415. The van der Waals surface area contributed by atoms with Crippen molar-refractivity contribution in [1.29, 1.82) is 5.26 Å². The molecule has 1 aromatic carbocycles. The Labute approximate surface area is 104 Å². The highest BCUT2D eigenvalue weighted by atomic mass is 35.5. The van der Waals surface area contributed by atoms with E-state index in [4.69, 9.17) is 21.6 Å². The molecule has 0 amide bonds. The van der Waals surface area contributed by atoms with Crippen molar-refractivity contribution in [1.82, 2.24) is 9.55 Å². The topological polar surface area (TPSA) is 50.8 Å². The zero-order chi connectivity index (χ0) is 12.4. The fourth-order valence-corrected chi connectivity index (χ4v) is 1.71. The van der Waals surface area contributed by atoms with Crippen molar-refractivity contribution < 1.29 is 4.74 Å². The molecule has 4 nitrogen and oxygen atoms in total. The standard InChI is InChI=1S/C12H10ClN3O/c1-16-11(13)10(7-14)15-12(16)8-3-5-9(17-2)6-4-8/h3-6H,1-2H3. The molecule has 86 valence electrons. The van der Waals surface area contributed by atoms with Crippen molar-refractivity contribution >= 4 is 11.6 Å². The normalized spacial score (nSPS) is 10.0. The first kappa shape index (κ1) is 11.5. The first-order chi connectivity index (χ1) is 8.17.